The number of cyclic esters (lactones) is 1. The van der Waals surface area contributed by atoms with Crippen LogP contribution in [0.1, 0.15) is 19.4 Å². The second-order valence-electron chi connectivity index (χ2n) is 5.18. The van der Waals surface area contributed by atoms with E-state index in [1.165, 1.54) is 0 Å². The quantitative estimate of drug-likeness (QED) is 0.852. The molecule has 4 heteroatoms. The Morgan fingerprint density at radius 3 is 2.27 bits per heavy atom. The lowest BCUT2D eigenvalue weighted by atomic mass is 9.85. The molecular weight excluding hydrogens is 280 g/mol. The highest BCUT2D eigenvalue weighted by molar-refractivity contribution is 5.75. The van der Waals surface area contributed by atoms with Gasteiger partial charge in [0.05, 0.1) is 20.7 Å². The number of ether oxygens (including phenoxy) is 1. The second-order valence-corrected chi connectivity index (χ2v) is 5.18. The van der Waals surface area contributed by atoms with Crippen LogP contribution in [0.15, 0.2) is 48.4 Å². The SMILES string of the molecule is [2H]c1cc([2H])c(C[C@@H]2COC(=O)[C@H]2Cc2c([2H])cc([2H])c(O)c2[2H])c([2H])c1O. The van der Waals surface area contributed by atoms with Gasteiger partial charge in [0.2, 0.25) is 0 Å². The highest BCUT2D eigenvalue weighted by Crippen LogP contribution is 2.30. The third kappa shape index (κ3) is 3.22. The minimum absolute atomic E-state index is 0.0228. The molecule has 0 aliphatic carbocycles. The lowest BCUT2D eigenvalue weighted by Gasteiger charge is -2.15. The number of carbonyl (C=O) groups excluding carboxylic acids is 1. The van der Waals surface area contributed by atoms with Gasteiger partial charge in [-0.05, 0) is 48.1 Å². The van der Waals surface area contributed by atoms with Crippen molar-refractivity contribution in [2.45, 2.75) is 12.8 Å². The van der Waals surface area contributed by atoms with E-state index in [0.717, 1.165) is 12.1 Å². The van der Waals surface area contributed by atoms with Gasteiger partial charge >= 0.3 is 5.97 Å². The maximum Gasteiger partial charge on any atom is 0.309 e. The maximum absolute atomic E-state index is 12.2. The van der Waals surface area contributed by atoms with Crippen LogP contribution in [0.5, 0.6) is 11.5 Å². The Morgan fingerprint density at radius 1 is 1.05 bits per heavy atom. The summed E-state index contributed by atoms with van der Waals surface area (Å²) in [6, 6.07) is 0.625. The number of esters is 1. The first-order valence-electron chi connectivity index (χ1n) is 9.85. The number of hydrogen-bond acceptors (Lipinski definition) is 4. The number of hydrogen-bond donors (Lipinski definition) is 2. The monoisotopic (exact) mass is 304 g/mol. The smallest absolute Gasteiger partial charge is 0.309 e. The zero-order chi connectivity index (χ0) is 20.7. The molecule has 0 unspecified atom stereocenters. The summed E-state index contributed by atoms with van der Waals surface area (Å²) in [5.41, 5.74) is 0.298. The Bertz CT molecular complexity index is 962. The van der Waals surface area contributed by atoms with E-state index >= 15 is 0 Å². The summed E-state index contributed by atoms with van der Waals surface area (Å²) >= 11 is 0. The molecule has 1 aliphatic rings. The van der Waals surface area contributed by atoms with Crippen molar-refractivity contribution in [3.63, 3.8) is 0 Å². The molecule has 2 atom stereocenters. The van der Waals surface area contributed by atoms with Gasteiger partial charge in [-0.3, -0.25) is 4.79 Å². The summed E-state index contributed by atoms with van der Waals surface area (Å²) in [6.45, 7) is 0.0228. The third-order valence-electron chi connectivity index (χ3n) is 3.65. The second kappa shape index (κ2) is 6.10. The van der Waals surface area contributed by atoms with E-state index in [0.29, 0.717) is 0 Å². The van der Waals surface area contributed by atoms with Crippen LogP contribution in [0.4, 0.5) is 0 Å². The molecule has 114 valence electrons. The summed E-state index contributed by atoms with van der Waals surface area (Å²) in [5.74, 6) is -2.87. The molecule has 4 nitrogen and oxygen atoms in total. The van der Waals surface area contributed by atoms with Crippen molar-refractivity contribution >= 4 is 5.97 Å². The van der Waals surface area contributed by atoms with Gasteiger partial charge in [-0.1, -0.05) is 24.2 Å². The summed E-state index contributed by atoms with van der Waals surface area (Å²) in [4.78, 5) is 12.2. The molecule has 3 rings (SSSR count). The molecule has 0 aromatic heterocycles. The van der Waals surface area contributed by atoms with Crippen LogP contribution in [0.3, 0.4) is 0 Å². The molecule has 0 amide bonds. The van der Waals surface area contributed by atoms with Crippen molar-refractivity contribution in [3.05, 3.63) is 59.5 Å². The Kier molecular flexibility index (Phi) is 2.45. The first-order chi connectivity index (χ1) is 13.1. The van der Waals surface area contributed by atoms with Crippen molar-refractivity contribution in [3.8, 4) is 11.5 Å². The number of phenols is 2. The molecule has 1 saturated heterocycles. The lowest BCUT2D eigenvalue weighted by Crippen LogP contribution is -2.20. The van der Waals surface area contributed by atoms with Gasteiger partial charge in [0.25, 0.3) is 0 Å². The van der Waals surface area contributed by atoms with Crippen molar-refractivity contribution in [1.29, 1.82) is 0 Å². The van der Waals surface area contributed by atoms with E-state index < -0.39 is 29.3 Å². The Hall–Kier alpha value is -2.49. The van der Waals surface area contributed by atoms with E-state index in [9.17, 15) is 15.0 Å². The van der Waals surface area contributed by atoms with Crippen LogP contribution in [0, 0.1) is 11.8 Å². The van der Waals surface area contributed by atoms with Crippen LogP contribution in [0.25, 0.3) is 0 Å². The summed E-state index contributed by atoms with van der Waals surface area (Å²) in [5, 5.41) is 19.6. The standard InChI is InChI=1S/C18H18O4/c19-15-5-1-3-12(8-15)7-14-11-22-18(21)17(14)10-13-4-2-6-16(20)9-13/h1-6,8-9,14,17,19-20H,7,10-11H2/t14-,17+/m1/s1/i3D,4D,5D,6D,8D,9D. The van der Waals surface area contributed by atoms with Crippen LogP contribution in [-0.4, -0.2) is 22.8 Å². The molecular formula is C18H18O4. The van der Waals surface area contributed by atoms with Crippen LogP contribution in [-0.2, 0) is 22.4 Å². The van der Waals surface area contributed by atoms with Gasteiger partial charge in [0.1, 0.15) is 11.5 Å². The Morgan fingerprint density at radius 2 is 1.64 bits per heavy atom. The molecule has 22 heavy (non-hydrogen) atoms. The van der Waals surface area contributed by atoms with Crippen molar-refractivity contribution < 1.29 is 28.0 Å². The van der Waals surface area contributed by atoms with Crippen molar-refractivity contribution in [1.82, 2.24) is 0 Å². The molecule has 2 aromatic rings. The van der Waals surface area contributed by atoms with E-state index in [-0.39, 0.29) is 66.8 Å². The Labute approximate surface area is 137 Å². The molecule has 1 aliphatic heterocycles. The minimum Gasteiger partial charge on any atom is -0.508 e. The number of aromatic hydroxyl groups is 2. The van der Waals surface area contributed by atoms with E-state index in [4.69, 9.17) is 13.0 Å². The summed E-state index contributed by atoms with van der Waals surface area (Å²) in [7, 11) is 0. The Balaban J connectivity index is 1.92. The van der Waals surface area contributed by atoms with Gasteiger partial charge in [-0.2, -0.15) is 0 Å². The predicted molar refractivity (Wildman–Crippen MR) is 81.6 cm³/mol. The maximum atomic E-state index is 12.2. The summed E-state index contributed by atoms with van der Waals surface area (Å²) in [6.07, 6.45) is 0.0171. The normalized spacial score (nSPS) is 24.6. The molecule has 0 saturated carbocycles. The molecule has 2 N–H and O–H groups in total. The molecule has 0 bridgehead atoms. The van der Waals surface area contributed by atoms with Crippen molar-refractivity contribution in [2.75, 3.05) is 6.61 Å². The van der Waals surface area contributed by atoms with Crippen LogP contribution in [0.2, 0.25) is 0 Å². The average Bonchev–Trinajstić information content (AvgIpc) is 2.98. The first kappa shape index (κ1) is 8.83. The molecule has 0 radical (unpaired) electrons. The zero-order valence-corrected chi connectivity index (χ0v) is 11.6. The highest BCUT2D eigenvalue weighted by Gasteiger charge is 2.36. The van der Waals surface area contributed by atoms with Gasteiger partial charge in [-0.25, -0.2) is 0 Å². The number of benzene rings is 2. The van der Waals surface area contributed by atoms with E-state index in [2.05, 4.69) is 0 Å². The van der Waals surface area contributed by atoms with Crippen LogP contribution >= 0.6 is 0 Å². The fourth-order valence-electron chi connectivity index (χ4n) is 2.57. The highest BCUT2D eigenvalue weighted by atomic mass is 16.5. The van der Waals surface area contributed by atoms with E-state index in [1.807, 2.05) is 0 Å². The predicted octanol–water partition coefficient (Wildman–Crippen LogP) is 2.67. The first-order valence-corrected chi connectivity index (χ1v) is 6.85. The topological polar surface area (TPSA) is 66.8 Å². The zero-order valence-electron chi connectivity index (χ0n) is 17.6. The fourth-order valence-corrected chi connectivity index (χ4v) is 2.57. The number of carbonyl (C=O) groups is 1. The number of rotatable bonds is 4. The van der Waals surface area contributed by atoms with Crippen LogP contribution < -0.4 is 0 Å². The average molecular weight is 304 g/mol. The number of phenolic OH excluding ortho intramolecular Hbond substituents is 2. The van der Waals surface area contributed by atoms with Gasteiger partial charge in [0.15, 0.2) is 0 Å². The molecule has 2 aromatic carbocycles. The van der Waals surface area contributed by atoms with Crippen molar-refractivity contribution in [2.24, 2.45) is 11.8 Å². The van der Waals surface area contributed by atoms with Gasteiger partial charge < -0.3 is 14.9 Å². The van der Waals surface area contributed by atoms with Gasteiger partial charge in [-0.15, -0.1) is 0 Å². The fraction of sp³-hybridized carbons (Fsp3) is 0.278. The summed E-state index contributed by atoms with van der Waals surface area (Å²) < 4.78 is 52.1. The largest absolute Gasteiger partial charge is 0.508 e. The molecule has 1 fully saturated rings. The minimum atomic E-state index is -0.763. The lowest BCUT2D eigenvalue weighted by molar-refractivity contribution is -0.141. The molecule has 1 heterocycles. The third-order valence-corrected chi connectivity index (χ3v) is 3.65. The van der Waals surface area contributed by atoms with Gasteiger partial charge in [0, 0.05) is 5.92 Å². The van der Waals surface area contributed by atoms with E-state index in [1.54, 1.807) is 0 Å². The molecule has 0 spiro atoms.